The molecule has 1 aromatic heterocycles. The van der Waals surface area contributed by atoms with Crippen molar-refractivity contribution in [1.82, 2.24) is 15.6 Å². The van der Waals surface area contributed by atoms with Gasteiger partial charge in [-0.25, -0.2) is 4.98 Å². The Bertz CT molecular complexity index is 773. The molecular formula is C19H24F3IN4S. The summed E-state index contributed by atoms with van der Waals surface area (Å²) in [5.41, 5.74) is 0.793. The molecule has 1 saturated carbocycles. The topological polar surface area (TPSA) is 49.3 Å². The Morgan fingerprint density at radius 2 is 1.93 bits per heavy atom. The SMILES string of the molecule is CN=C(NCCc1nc(C(F)(F)F)cs1)NCC1(Cc2ccccc2)CC1.I. The second kappa shape index (κ2) is 9.91. The van der Waals surface area contributed by atoms with Gasteiger partial charge in [0.05, 0.1) is 5.01 Å². The maximum Gasteiger partial charge on any atom is 0.434 e. The van der Waals surface area contributed by atoms with Crippen LogP contribution in [0, 0.1) is 5.41 Å². The zero-order chi connectivity index (χ0) is 19.3. The van der Waals surface area contributed by atoms with Crippen LogP contribution >= 0.6 is 35.3 Å². The van der Waals surface area contributed by atoms with Gasteiger partial charge in [-0.15, -0.1) is 35.3 Å². The molecule has 0 radical (unpaired) electrons. The Labute approximate surface area is 184 Å². The molecule has 0 aliphatic heterocycles. The highest BCUT2D eigenvalue weighted by molar-refractivity contribution is 14.0. The van der Waals surface area contributed by atoms with Gasteiger partial charge in [-0.2, -0.15) is 13.2 Å². The van der Waals surface area contributed by atoms with Gasteiger partial charge in [0.25, 0.3) is 0 Å². The zero-order valence-electron chi connectivity index (χ0n) is 15.6. The predicted octanol–water partition coefficient (Wildman–Crippen LogP) is 4.51. The van der Waals surface area contributed by atoms with Crippen molar-refractivity contribution in [1.29, 1.82) is 0 Å². The standard InChI is InChI=1S/C19H23F3N4S.HI/c1-23-17(24-10-7-16-26-15(12-27-16)19(20,21)22)25-13-18(8-9-18)11-14-5-3-2-4-6-14;/h2-6,12H,7-11,13H2,1H3,(H2,23,24,25);1H. The quantitative estimate of drug-likeness (QED) is 0.319. The molecule has 0 bridgehead atoms. The summed E-state index contributed by atoms with van der Waals surface area (Å²) in [5.74, 6) is 0.668. The van der Waals surface area contributed by atoms with Crippen molar-refractivity contribution in [2.24, 2.45) is 10.4 Å². The minimum atomic E-state index is -4.38. The van der Waals surface area contributed by atoms with E-state index in [0.717, 1.165) is 29.7 Å². The number of benzene rings is 1. The molecule has 3 rings (SSSR count). The number of hydrogen-bond donors (Lipinski definition) is 2. The second-order valence-corrected chi connectivity index (χ2v) is 7.83. The van der Waals surface area contributed by atoms with Crippen LogP contribution in [-0.2, 0) is 19.0 Å². The Hall–Kier alpha value is -1.36. The van der Waals surface area contributed by atoms with Crippen molar-refractivity contribution >= 4 is 41.3 Å². The summed E-state index contributed by atoms with van der Waals surface area (Å²) in [6.45, 7) is 1.31. The summed E-state index contributed by atoms with van der Waals surface area (Å²) >= 11 is 1.03. The minimum absolute atomic E-state index is 0. The highest BCUT2D eigenvalue weighted by Gasteiger charge is 2.42. The number of nitrogens with one attached hydrogen (secondary N) is 2. The van der Waals surface area contributed by atoms with Gasteiger partial charge in [0.1, 0.15) is 0 Å². The molecule has 0 saturated heterocycles. The molecule has 2 aromatic rings. The lowest BCUT2D eigenvalue weighted by Gasteiger charge is -2.18. The smallest absolute Gasteiger partial charge is 0.356 e. The number of thiazole rings is 1. The Kier molecular flexibility index (Phi) is 8.11. The van der Waals surface area contributed by atoms with Crippen LogP contribution in [0.5, 0.6) is 0 Å². The fourth-order valence-electron chi connectivity index (χ4n) is 2.96. The fraction of sp³-hybridized carbons (Fsp3) is 0.474. The first-order chi connectivity index (χ1) is 12.9. The van der Waals surface area contributed by atoms with E-state index < -0.39 is 11.9 Å². The van der Waals surface area contributed by atoms with Gasteiger partial charge in [0, 0.05) is 31.9 Å². The van der Waals surface area contributed by atoms with Gasteiger partial charge in [0.2, 0.25) is 0 Å². The van der Waals surface area contributed by atoms with Crippen molar-refractivity contribution in [3.8, 4) is 0 Å². The number of alkyl halides is 3. The normalized spacial score (nSPS) is 15.6. The predicted molar refractivity (Wildman–Crippen MR) is 117 cm³/mol. The van der Waals surface area contributed by atoms with Gasteiger partial charge in [-0.1, -0.05) is 30.3 Å². The second-order valence-electron chi connectivity index (χ2n) is 6.89. The molecule has 0 unspecified atom stereocenters. The summed E-state index contributed by atoms with van der Waals surface area (Å²) in [6.07, 6.45) is -0.540. The Balaban J connectivity index is 0.00000280. The highest BCUT2D eigenvalue weighted by Crippen LogP contribution is 2.47. The third-order valence-electron chi connectivity index (χ3n) is 4.71. The summed E-state index contributed by atoms with van der Waals surface area (Å²) in [7, 11) is 1.69. The minimum Gasteiger partial charge on any atom is -0.356 e. The van der Waals surface area contributed by atoms with E-state index in [2.05, 4.69) is 44.9 Å². The molecule has 1 aliphatic carbocycles. The molecule has 0 atom stereocenters. The lowest BCUT2D eigenvalue weighted by atomic mass is 9.96. The van der Waals surface area contributed by atoms with Gasteiger partial charge >= 0.3 is 6.18 Å². The van der Waals surface area contributed by atoms with Crippen LogP contribution in [0.1, 0.15) is 29.1 Å². The molecule has 4 nitrogen and oxygen atoms in total. The van der Waals surface area contributed by atoms with Crippen LogP contribution in [0.4, 0.5) is 13.2 Å². The molecule has 154 valence electrons. The fourth-order valence-corrected chi connectivity index (χ4v) is 3.76. The van der Waals surface area contributed by atoms with E-state index in [0.29, 0.717) is 23.9 Å². The monoisotopic (exact) mass is 524 g/mol. The molecular weight excluding hydrogens is 500 g/mol. The summed E-state index contributed by atoms with van der Waals surface area (Å²) in [6, 6.07) is 10.4. The average molecular weight is 524 g/mol. The number of aromatic nitrogens is 1. The third-order valence-corrected chi connectivity index (χ3v) is 5.62. The van der Waals surface area contributed by atoms with E-state index in [1.165, 1.54) is 18.4 Å². The van der Waals surface area contributed by atoms with Crippen molar-refractivity contribution in [3.05, 3.63) is 52.0 Å². The van der Waals surface area contributed by atoms with Crippen molar-refractivity contribution in [2.45, 2.75) is 31.9 Å². The Morgan fingerprint density at radius 3 is 2.50 bits per heavy atom. The van der Waals surface area contributed by atoms with Crippen LogP contribution in [0.15, 0.2) is 40.7 Å². The van der Waals surface area contributed by atoms with E-state index in [-0.39, 0.29) is 29.4 Å². The van der Waals surface area contributed by atoms with Crippen molar-refractivity contribution < 1.29 is 13.2 Å². The number of nitrogens with zero attached hydrogens (tertiary/aromatic N) is 2. The lowest BCUT2D eigenvalue weighted by Crippen LogP contribution is -2.41. The summed E-state index contributed by atoms with van der Waals surface area (Å²) < 4.78 is 37.7. The van der Waals surface area contributed by atoms with Gasteiger partial charge in [-0.3, -0.25) is 4.99 Å². The van der Waals surface area contributed by atoms with Gasteiger partial charge < -0.3 is 10.6 Å². The average Bonchev–Trinajstić information content (AvgIpc) is 3.22. The molecule has 0 amide bonds. The number of halogens is 4. The van der Waals surface area contributed by atoms with Crippen molar-refractivity contribution in [2.75, 3.05) is 20.1 Å². The highest BCUT2D eigenvalue weighted by atomic mass is 127. The maximum atomic E-state index is 12.6. The number of rotatable bonds is 7. The van der Waals surface area contributed by atoms with Crippen molar-refractivity contribution in [3.63, 3.8) is 0 Å². The van der Waals surface area contributed by atoms with Crippen LogP contribution in [-0.4, -0.2) is 31.1 Å². The van der Waals surface area contributed by atoms with Crippen LogP contribution in [0.2, 0.25) is 0 Å². The van der Waals surface area contributed by atoms with Crippen LogP contribution in [0.3, 0.4) is 0 Å². The van der Waals surface area contributed by atoms with Gasteiger partial charge in [0.15, 0.2) is 11.7 Å². The number of hydrogen-bond acceptors (Lipinski definition) is 3. The van der Waals surface area contributed by atoms with E-state index in [1.54, 1.807) is 7.05 Å². The molecule has 9 heteroatoms. The first-order valence-electron chi connectivity index (χ1n) is 8.90. The Morgan fingerprint density at radius 1 is 1.21 bits per heavy atom. The summed E-state index contributed by atoms with van der Waals surface area (Å²) in [4.78, 5) is 7.84. The van der Waals surface area contributed by atoms with E-state index in [9.17, 15) is 13.2 Å². The molecule has 1 aliphatic rings. The number of guanidine groups is 1. The zero-order valence-corrected chi connectivity index (χ0v) is 18.7. The molecule has 2 N–H and O–H groups in total. The molecule has 1 aromatic carbocycles. The molecule has 1 fully saturated rings. The third kappa shape index (κ3) is 6.61. The molecule has 1 heterocycles. The first-order valence-corrected chi connectivity index (χ1v) is 9.78. The largest absolute Gasteiger partial charge is 0.434 e. The molecule has 0 spiro atoms. The van der Waals surface area contributed by atoms with Crippen LogP contribution in [0.25, 0.3) is 0 Å². The molecule has 28 heavy (non-hydrogen) atoms. The van der Waals surface area contributed by atoms with Gasteiger partial charge in [-0.05, 0) is 30.2 Å². The van der Waals surface area contributed by atoms with E-state index in [4.69, 9.17) is 0 Å². The van der Waals surface area contributed by atoms with Crippen LogP contribution < -0.4 is 10.6 Å². The van der Waals surface area contributed by atoms with E-state index >= 15 is 0 Å². The summed E-state index contributed by atoms with van der Waals surface area (Å²) in [5, 5.41) is 8.03. The van der Waals surface area contributed by atoms with E-state index in [1.807, 2.05) is 6.07 Å². The number of aliphatic imine (C=N–C) groups is 1. The maximum absolute atomic E-state index is 12.6. The lowest BCUT2D eigenvalue weighted by molar-refractivity contribution is -0.140. The first kappa shape index (κ1) is 22.9.